The smallest absolute Gasteiger partial charge is 0.238 e. The molecule has 2 rings (SSSR count). The number of aliphatic hydroxyl groups is 1. The van der Waals surface area contributed by atoms with E-state index in [0.717, 1.165) is 13.0 Å². The van der Waals surface area contributed by atoms with Gasteiger partial charge in [-0.15, -0.1) is 0 Å². The highest BCUT2D eigenvalue weighted by atomic mass is 16.5. The molecule has 2 N–H and O–H groups in total. The molecule has 0 amide bonds. The van der Waals surface area contributed by atoms with E-state index in [4.69, 9.17) is 4.74 Å². The molecule has 5 nitrogen and oxygen atoms in total. The fourth-order valence-corrected chi connectivity index (χ4v) is 1.89. The van der Waals surface area contributed by atoms with Gasteiger partial charge in [0.15, 0.2) is 0 Å². The standard InChI is InChI=1S/C10H15N3O2/c1-15-9-8(12-5-6-13-9)10(14)3-2-4-11-7-10/h5-6,11,14H,2-4,7H2,1H3. The lowest BCUT2D eigenvalue weighted by atomic mass is 9.90. The molecule has 1 atom stereocenters. The fourth-order valence-electron chi connectivity index (χ4n) is 1.89. The molecule has 1 unspecified atom stereocenters. The Balaban J connectivity index is 2.34. The third kappa shape index (κ3) is 1.93. The van der Waals surface area contributed by atoms with E-state index in [1.54, 1.807) is 12.4 Å². The van der Waals surface area contributed by atoms with E-state index in [-0.39, 0.29) is 0 Å². The van der Waals surface area contributed by atoms with Gasteiger partial charge in [0, 0.05) is 18.9 Å². The van der Waals surface area contributed by atoms with Gasteiger partial charge < -0.3 is 15.2 Å². The van der Waals surface area contributed by atoms with Crippen LogP contribution in [0.1, 0.15) is 18.5 Å². The Kier molecular flexibility index (Phi) is 2.83. The summed E-state index contributed by atoms with van der Waals surface area (Å²) >= 11 is 0. The van der Waals surface area contributed by atoms with Crippen molar-refractivity contribution in [3.63, 3.8) is 0 Å². The van der Waals surface area contributed by atoms with Gasteiger partial charge in [-0.2, -0.15) is 0 Å². The molecular formula is C10H15N3O2. The normalized spacial score (nSPS) is 26.3. The average Bonchev–Trinajstić information content (AvgIpc) is 2.30. The van der Waals surface area contributed by atoms with Crippen LogP contribution in [0.4, 0.5) is 0 Å². The molecule has 1 aromatic heterocycles. The molecule has 0 bridgehead atoms. The molecule has 1 fully saturated rings. The van der Waals surface area contributed by atoms with Gasteiger partial charge in [0.25, 0.3) is 0 Å². The van der Waals surface area contributed by atoms with Crippen molar-refractivity contribution in [3.05, 3.63) is 18.1 Å². The van der Waals surface area contributed by atoms with Crippen molar-refractivity contribution in [3.8, 4) is 5.88 Å². The molecule has 0 radical (unpaired) electrons. The molecule has 1 saturated heterocycles. The Labute approximate surface area is 88.5 Å². The number of aromatic nitrogens is 2. The van der Waals surface area contributed by atoms with Crippen LogP contribution < -0.4 is 10.1 Å². The van der Waals surface area contributed by atoms with Crippen LogP contribution in [0, 0.1) is 0 Å². The number of methoxy groups -OCH3 is 1. The summed E-state index contributed by atoms with van der Waals surface area (Å²) < 4.78 is 5.10. The number of rotatable bonds is 2. The zero-order valence-electron chi connectivity index (χ0n) is 8.73. The zero-order valence-corrected chi connectivity index (χ0v) is 8.73. The summed E-state index contributed by atoms with van der Waals surface area (Å²) in [4.78, 5) is 8.21. The predicted octanol–water partition coefficient (Wildman–Crippen LogP) is 0.0562. The number of piperidine rings is 1. The van der Waals surface area contributed by atoms with Crippen molar-refractivity contribution < 1.29 is 9.84 Å². The molecule has 1 aromatic rings. The van der Waals surface area contributed by atoms with E-state index in [0.29, 0.717) is 24.5 Å². The van der Waals surface area contributed by atoms with Gasteiger partial charge in [0.2, 0.25) is 5.88 Å². The summed E-state index contributed by atoms with van der Waals surface area (Å²) in [5, 5.41) is 13.6. The quantitative estimate of drug-likeness (QED) is 0.720. The number of ether oxygens (including phenoxy) is 1. The molecule has 0 aromatic carbocycles. The number of hydrogen-bond donors (Lipinski definition) is 2. The highest BCUT2D eigenvalue weighted by Gasteiger charge is 2.35. The first kappa shape index (κ1) is 10.3. The Morgan fingerprint density at radius 3 is 2.93 bits per heavy atom. The highest BCUT2D eigenvalue weighted by Crippen LogP contribution is 2.31. The minimum Gasteiger partial charge on any atom is -0.480 e. The first-order valence-corrected chi connectivity index (χ1v) is 5.05. The van der Waals surface area contributed by atoms with E-state index >= 15 is 0 Å². The van der Waals surface area contributed by atoms with Gasteiger partial charge >= 0.3 is 0 Å². The Hall–Kier alpha value is -1.20. The van der Waals surface area contributed by atoms with E-state index in [9.17, 15) is 5.11 Å². The van der Waals surface area contributed by atoms with Gasteiger partial charge in [-0.1, -0.05) is 0 Å². The fraction of sp³-hybridized carbons (Fsp3) is 0.600. The number of nitrogens with one attached hydrogen (secondary N) is 1. The van der Waals surface area contributed by atoms with Crippen LogP contribution in [0.3, 0.4) is 0 Å². The number of hydrogen-bond acceptors (Lipinski definition) is 5. The predicted molar refractivity (Wildman–Crippen MR) is 54.6 cm³/mol. The summed E-state index contributed by atoms with van der Waals surface area (Å²) in [5.41, 5.74) is -0.419. The second kappa shape index (κ2) is 4.12. The molecular weight excluding hydrogens is 194 g/mol. The van der Waals surface area contributed by atoms with Crippen LogP contribution in [-0.4, -0.2) is 35.3 Å². The summed E-state index contributed by atoms with van der Waals surface area (Å²) in [6.07, 6.45) is 4.75. The second-order valence-electron chi connectivity index (χ2n) is 3.73. The summed E-state index contributed by atoms with van der Waals surface area (Å²) in [6.45, 7) is 1.44. The molecule has 0 saturated carbocycles. The third-order valence-electron chi connectivity index (χ3n) is 2.66. The van der Waals surface area contributed by atoms with Crippen molar-refractivity contribution in [2.24, 2.45) is 0 Å². The molecule has 0 spiro atoms. The monoisotopic (exact) mass is 209 g/mol. The lowest BCUT2D eigenvalue weighted by molar-refractivity contribution is 0.00543. The molecule has 0 aliphatic carbocycles. The first-order valence-electron chi connectivity index (χ1n) is 5.05. The van der Waals surface area contributed by atoms with Crippen LogP contribution >= 0.6 is 0 Å². The van der Waals surface area contributed by atoms with Crippen molar-refractivity contribution in [1.29, 1.82) is 0 Å². The van der Waals surface area contributed by atoms with Crippen molar-refractivity contribution in [2.45, 2.75) is 18.4 Å². The molecule has 1 aliphatic heterocycles. The van der Waals surface area contributed by atoms with Gasteiger partial charge in [-0.25, -0.2) is 4.98 Å². The van der Waals surface area contributed by atoms with E-state index < -0.39 is 5.60 Å². The van der Waals surface area contributed by atoms with Gasteiger partial charge in [0.05, 0.1) is 7.11 Å². The zero-order chi connectivity index (χ0) is 10.7. The minimum atomic E-state index is -0.947. The Morgan fingerprint density at radius 2 is 2.27 bits per heavy atom. The topological polar surface area (TPSA) is 67.3 Å². The highest BCUT2D eigenvalue weighted by molar-refractivity contribution is 5.25. The maximum absolute atomic E-state index is 10.4. The molecule has 5 heteroatoms. The largest absolute Gasteiger partial charge is 0.480 e. The Morgan fingerprint density at radius 1 is 1.47 bits per heavy atom. The lowest BCUT2D eigenvalue weighted by Crippen LogP contribution is -2.44. The van der Waals surface area contributed by atoms with Crippen LogP contribution in [0.15, 0.2) is 12.4 Å². The average molecular weight is 209 g/mol. The molecule has 1 aliphatic rings. The lowest BCUT2D eigenvalue weighted by Gasteiger charge is -2.32. The van der Waals surface area contributed by atoms with Gasteiger partial charge in [-0.3, -0.25) is 4.98 Å². The van der Waals surface area contributed by atoms with Gasteiger partial charge in [0.1, 0.15) is 11.3 Å². The van der Waals surface area contributed by atoms with Crippen LogP contribution in [0.25, 0.3) is 0 Å². The van der Waals surface area contributed by atoms with Crippen LogP contribution in [0.5, 0.6) is 5.88 Å². The number of nitrogens with zero attached hydrogens (tertiary/aromatic N) is 2. The molecule has 2 heterocycles. The maximum atomic E-state index is 10.4. The summed E-state index contributed by atoms with van der Waals surface area (Å²) in [5.74, 6) is 0.406. The maximum Gasteiger partial charge on any atom is 0.238 e. The summed E-state index contributed by atoms with van der Waals surface area (Å²) in [7, 11) is 1.53. The van der Waals surface area contributed by atoms with E-state index in [2.05, 4.69) is 15.3 Å². The minimum absolute atomic E-state index is 0.406. The first-order chi connectivity index (χ1) is 7.26. The summed E-state index contributed by atoms with van der Waals surface area (Å²) in [6, 6.07) is 0. The second-order valence-corrected chi connectivity index (χ2v) is 3.73. The number of β-amino-alcohol motifs (C(OH)–C–C–N with tert-alkyl or cyclic N) is 1. The molecule has 15 heavy (non-hydrogen) atoms. The third-order valence-corrected chi connectivity index (χ3v) is 2.66. The van der Waals surface area contributed by atoms with E-state index in [1.165, 1.54) is 7.11 Å². The van der Waals surface area contributed by atoms with Crippen LogP contribution in [-0.2, 0) is 5.60 Å². The Bertz CT molecular complexity index is 337. The van der Waals surface area contributed by atoms with Crippen molar-refractivity contribution in [1.82, 2.24) is 15.3 Å². The van der Waals surface area contributed by atoms with Gasteiger partial charge in [-0.05, 0) is 19.4 Å². The van der Waals surface area contributed by atoms with Crippen LogP contribution in [0.2, 0.25) is 0 Å². The SMILES string of the molecule is COc1nccnc1C1(O)CCCNC1. The van der Waals surface area contributed by atoms with E-state index in [1.807, 2.05) is 0 Å². The molecule has 82 valence electrons. The van der Waals surface area contributed by atoms with Crippen molar-refractivity contribution >= 4 is 0 Å². The van der Waals surface area contributed by atoms with Crippen molar-refractivity contribution in [2.75, 3.05) is 20.2 Å².